The molecular formula is C21H20N4O2S. The van der Waals surface area contributed by atoms with Gasteiger partial charge >= 0.3 is 5.97 Å². The Morgan fingerprint density at radius 1 is 1.14 bits per heavy atom. The lowest BCUT2D eigenvalue weighted by atomic mass is 10.0. The molecule has 7 heteroatoms. The van der Waals surface area contributed by atoms with Crippen LogP contribution in [-0.4, -0.2) is 39.7 Å². The lowest BCUT2D eigenvalue weighted by Gasteiger charge is -2.25. The maximum Gasteiger partial charge on any atom is 0.337 e. The summed E-state index contributed by atoms with van der Waals surface area (Å²) < 4.78 is 6.88. The Balaban J connectivity index is 1.73. The van der Waals surface area contributed by atoms with Crippen molar-refractivity contribution in [2.45, 2.75) is 12.1 Å². The first-order valence-corrected chi connectivity index (χ1v) is 9.31. The number of pyridine rings is 1. The number of thiocarbonyl (C=S) groups is 1. The van der Waals surface area contributed by atoms with E-state index in [-0.39, 0.29) is 18.1 Å². The molecule has 1 saturated heterocycles. The number of carbonyl (C=O) groups excluding carboxylic acids is 1. The molecular weight excluding hydrogens is 372 g/mol. The van der Waals surface area contributed by atoms with Gasteiger partial charge in [-0.15, -0.1) is 0 Å². The predicted molar refractivity (Wildman–Crippen MR) is 110 cm³/mol. The Bertz CT molecular complexity index is 1000. The van der Waals surface area contributed by atoms with Gasteiger partial charge in [0.2, 0.25) is 0 Å². The van der Waals surface area contributed by atoms with Crippen LogP contribution in [0.4, 0.5) is 0 Å². The second kappa shape index (κ2) is 7.44. The van der Waals surface area contributed by atoms with E-state index >= 15 is 0 Å². The molecule has 0 amide bonds. The third kappa shape index (κ3) is 3.14. The van der Waals surface area contributed by atoms with Crippen molar-refractivity contribution < 1.29 is 9.53 Å². The van der Waals surface area contributed by atoms with Crippen LogP contribution in [0.25, 0.3) is 5.69 Å². The van der Waals surface area contributed by atoms with Crippen molar-refractivity contribution in [1.82, 2.24) is 19.8 Å². The standard InChI is InChI=1S/C21H20N4O2S/c1-24-19(18(23-21(24)28)16-6-3-4-12-22-16)17-7-5-13-25(17)15-10-8-14(9-11-15)20(26)27-2/h3-13,18-19H,1-2H3,(H,23,28)/t18-,19+/m1/s1. The fourth-order valence-electron chi connectivity index (χ4n) is 3.57. The van der Waals surface area contributed by atoms with Crippen LogP contribution in [0.15, 0.2) is 67.0 Å². The summed E-state index contributed by atoms with van der Waals surface area (Å²) in [4.78, 5) is 18.3. The predicted octanol–water partition coefficient (Wildman–Crippen LogP) is 3.26. The molecule has 3 aromatic rings. The molecule has 6 nitrogen and oxygen atoms in total. The topological polar surface area (TPSA) is 59.4 Å². The molecule has 0 spiro atoms. The molecule has 142 valence electrons. The number of nitrogens with zero attached hydrogens (tertiary/aromatic N) is 3. The summed E-state index contributed by atoms with van der Waals surface area (Å²) in [6.07, 6.45) is 3.80. The van der Waals surface area contributed by atoms with E-state index in [1.807, 2.05) is 49.6 Å². The summed E-state index contributed by atoms with van der Waals surface area (Å²) in [6.45, 7) is 0. The number of rotatable bonds is 4. The van der Waals surface area contributed by atoms with Gasteiger partial charge in [0.15, 0.2) is 5.11 Å². The number of hydrogen-bond donors (Lipinski definition) is 1. The molecule has 2 atom stereocenters. The van der Waals surface area contributed by atoms with Crippen LogP contribution in [0.3, 0.4) is 0 Å². The molecule has 2 aromatic heterocycles. The number of ether oxygens (including phenoxy) is 1. The number of benzene rings is 1. The fraction of sp³-hybridized carbons (Fsp3) is 0.190. The van der Waals surface area contributed by atoms with Crippen molar-refractivity contribution in [2.75, 3.05) is 14.2 Å². The zero-order valence-electron chi connectivity index (χ0n) is 15.6. The Hall–Kier alpha value is -3.19. The van der Waals surface area contributed by atoms with Crippen molar-refractivity contribution in [3.05, 3.63) is 83.9 Å². The first-order chi connectivity index (χ1) is 13.6. The van der Waals surface area contributed by atoms with Gasteiger partial charge in [-0.2, -0.15) is 0 Å². The second-order valence-corrected chi connectivity index (χ2v) is 6.97. The number of esters is 1. The summed E-state index contributed by atoms with van der Waals surface area (Å²) in [5.74, 6) is -0.348. The van der Waals surface area contributed by atoms with Gasteiger partial charge in [-0.3, -0.25) is 4.98 Å². The molecule has 0 saturated carbocycles. The SMILES string of the molecule is COC(=O)c1ccc(-n2cccc2[C@H]2[C@@H](c3ccccn3)NC(=S)N2C)cc1. The average Bonchev–Trinajstić information content (AvgIpc) is 3.33. The van der Waals surface area contributed by atoms with Crippen LogP contribution in [-0.2, 0) is 4.74 Å². The van der Waals surface area contributed by atoms with Crippen molar-refractivity contribution in [1.29, 1.82) is 0 Å². The van der Waals surface area contributed by atoms with Gasteiger partial charge in [-0.25, -0.2) is 4.79 Å². The molecule has 1 aliphatic heterocycles. The molecule has 28 heavy (non-hydrogen) atoms. The third-order valence-electron chi connectivity index (χ3n) is 4.99. The summed E-state index contributed by atoms with van der Waals surface area (Å²) in [6, 6.07) is 17.3. The summed E-state index contributed by atoms with van der Waals surface area (Å²) in [5.41, 5.74) is 3.50. The van der Waals surface area contributed by atoms with Crippen LogP contribution in [0.2, 0.25) is 0 Å². The Morgan fingerprint density at radius 3 is 2.61 bits per heavy atom. The van der Waals surface area contributed by atoms with Crippen LogP contribution >= 0.6 is 12.2 Å². The van der Waals surface area contributed by atoms with Crippen molar-refractivity contribution in [2.24, 2.45) is 0 Å². The van der Waals surface area contributed by atoms with Gasteiger partial charge < -0.3 is 19.5 Å². The molecule has 1 fully saturated rings. The van der Waals surface area contributed by atoms with E-state index in [0.29, 0.717) is 10.7 Å². The minimum absolute atomic E-state index is 0.0160. The van der Waals surface area contributed by atoms with Crippen molar-refractivity contribution in [3.63, 3.8) is 0 Å². The summed E-state index contributed by atoms with van der Waals surface area (Å²) >= 11 is 5.52. The van der Waals surface area contributed by atoms with Gasteiger partial charge in [0, 0.05) is 30.8 Å². The number of methoxy groups -OCH3 is 1. The van der Waals surface area contributed by atoms with Crippen LogP contribution < -0.4 is 5.32 Å². The van der Waals surface area contributed by atoms with E-state index in [0.717, 1.165) is 17.1 Å². The maximum atomic E-state index is 11.7. The molecule has 0 aliphatic carbocycles. The molecule has 1 aromatic carbocycles. The first kappa shape index (κ1) is 18.2. The van der Waals surface area contributed by atoms with Gasteiger partial charge in [0.1, 0.15) is 0 Å². The highest BCUT2D eigenvalue weighted by Crippen LogP contribution is 2.38. The monoisotopic (exact) mass is 392 g/mol. The Labute approximate surface area is 168 Å². The van der Waals surface area contributed by atoms with E-state index in [4.69, 9.17) is 17.0 Å². The molecule has 1 N–H and O–H groups in total. The van der Waals surface area contributed by atoms with Gasteiger partial charge in [0.25, 0.3) is 0 Å². The zero-order valence-corrected chi connectivity index (χ0v) is 16.4. The highest BCUT2D eigenvalue weighted by Gasteiger charge is 2.39. The van der Waals surface area contributed by atoms with Gasteiger partial charge in [0.05, 0.1) is 30.5 Å². The smallest absolute Gasteiger partial charge is 0.337 e. The number of carbonyl (C=O) groups is 1. The average molecular weight is 392 g/mol. The van der Waals surface area contributed by atoms with Gasteiger partial charge in [-0.1, -0.05) is 6.07 Å². The second-order valence-electron chi connectivity index (χ2n) is 6.58. The van der Waals surface area contributed by atoms with Crippen LogP contribution in [0.5, 0.6) is 0 Å². The normalized spacial score (nSPS) is 18.8. The van der Waals surface area contributed by atoms with E-state index < -0.39 is 0 Å². The van der Waals surface area contributed by atoms with E-state index in [2.05, 4.69) is 25.8 Å². The molecule has 1 aliphatic rings. The maximum absolute atomic E-state index is 11.7. The van der Waals surface area contributed by atoms with E-state index in [1.54, 1.807) is 18.3 Å². The summed E-state index contributed by atoms with van der Waals surface area (Å²) in [7, 11) is 3.37. The molecule has 0 unspecified atom stereocenters. The zero-order chi connectivity index (χ0) is 19.7. The molecule has 4 rings (SSSR count). The molecule has 0 radical (unpaired) electrons. The highest BCUT2D eigenvalue weighted by molar-refractivity contribution is 7.80. The van der Waals surface area contributed by atoms with Crippen LogP contribution in [0, 0.1) is 0 Å². The minimum atomic E-state index is -0.348. The third-order valence-corrected chi connectivity index (χ3v) is 5.39. The van der Waals surface area contributed by atoms with Gasteiger partial charge in [-0.05, 0) is 60.7 Å². The molecule has 0 bridgehead atoms. The van der Waals surface area contributed by atoms with E-state index in [9.17, 15) is 4.79 Å². The number of aromatic nitrogens is 2. The quantitative estimate of drug-likeness (QED) is 0.543. The lowest BCUT2D eigenvalue weighted by molar-refractivity contribution is 0.0601. The summed E-state index contributed by atoms with van der Waals surface area (Å²) in [5, 5.41) is 4.08. The Kier molecular flexibility index (Phi) is 4.83. The van der Waals surface area contributed by atoms with Crippen molar-refractivity contribution in [3.8, 4) is 5.69 Å². The largest absolute Gasteiger partial charge is 0.465 e. The number of hydrogen-bond acceptors (Lipinski definition) is 4. The first-order valence-electron chi connectivity index (χ1n) is 8.90. The van der Waals surface area contributed by atoms with E-state index in [1.165, 1.54) is 7.11 Å². The molecule has 3 heterocycles. The minimum Gasteiger partial charge on any atom is -0.465 e. The fourth-order valence-corrected chi connectivity index (χ4v) is 3.82. The Morgan fingerprint density at radius 2 is 1.93 bits per heavy atom. The van der Waals surface area contributed by atoms with Crippen molar-refractivity contribution >= 4 is 23.3 Å². The van der Waals surface area contributed by atoms with Crippen LogP contribution in [0.1, 0.15) is 33.8 Å². The number of nitrogens with one attached hydrogen (secondary N) is 1. The highest BCUT2D eigenvalue weighted by atomic mass is 32.1. The lowest BCUT2D eigenvalue weighted by Crippen LogP contribution is -2.25. The number of likely N-dealkylation sites (N-methyl/N-ethyl adjacent to an activating group) is 1.